The summed E-state index contributed by atoms with van der Waals surface area (Å²) in [5.74, 6) is 0.466. The summed E-state index contributed by atoms with van der Waals surface area (Å²) in [5, 5.41) is 5.44. The first kappa shape index (κ1) is 19.4. The average molecular weight is 366 g/mol. The number of benzene rings is 1. The van der Waals surface area contributed by atoms with Crippen LogP contribution in [0.4, 0.5) is 0 Å². The molecule has 0 spiro atoms. The van der Waals surface area contributed by atoms with Crippen LogP contribution >= 0.6 is 0 Å². The van der Waals surface area contributed by atoms with Crippen LogP contribution in [0, 0.1) is 11.8 Å². The lowest BCUT2D eigenvalue weighted by atomic mass is 10.2. The fourth-order valence-electron chi connectivity index (χ4n) is 2.63. The fourth-order valence-corrected chi connectivity index (χ4v) is 4.06. The molecular formula is C18H26N2O4S. The molecular weight excluding hydrogens is 340 g/mol. The first-order valence-electron chi connectivity index (χ1n) is 8.66. The van der Waals surface area contributed by atoms with Crippen LogP contribution in [0.25, 0.3) is 0 Å². The number of rotatable bonds is 10. The third kappa shape index (κ3) is 7.25. The number of nitrogens with one attached hydrogen (secondary N) is 2. The molecule has 0 radical (unpaired) electrons. The summed E-state index contributed by atoms with van der Waals surface area (Å²) in [6.07, 6.45) is 1.52. The molecule has 6 nitrogen and oxygen atoms in total. The number of carbonyl (C=O) groups excluding carboxylic acids is 2. The summed E-state index contributed by atoms with van der Waals surface area (Å²) in [6, 6.07) is 9.05. The SMILES string of the molecule is CC1CC1C(=O)NCCC(=O)NCCCS(=O)(=O)Cc1ccccc1. The van der Waals surface area contributed by atoms with Crippen molar-refractivity contribution in [3.05, 3.63) is 35.9 Å². The van der Waals surface area contributed by atoms with Crippen LogP contribution in [0.3, 0.4) is 0 Å². The highest BCUT2D eigenvalue weighted by Gasteiger charge is 2.38. The zero-order valence-corrected chi connectivity index (χ0v) is 15.3. The Labute approximate surface area is 149 Å². The van der Waals surface area contributed by atoms with Gasteiger partial charge >= 0.3 is 0 Å². The van der Waals surface area contributed by atoms with Gasteiger partial charge in [0.05, 0.1) is 11.5 Å². The lowest BCUT2D eigenvalue weighted by molar-refractivity contribution is -0.123. The minimum Gasteiger partial charge on any atom is -0.356 e. The van der Waals surface area contributed by atoms with E-state index in [0.29, 0.717) is 25.4 Å². The number of hydrogen-bond donors (Lipinski definition) is 2. The number of sulfone groups is 1. The molecule has 0 bridgehead atoms. The van der Waals surface area contributed by atoms with Crippen molar-refractivity contribution >= 4 is 21.7 Å². The maximum Gasteiger partial charge on any atom is 0.223 e. The summed E-state index contributed by atoms with van der Waals surface area (Å²) in [5.41, 5.74) is 0.771. The Morgan fingerprint density at radius 3 is 2.44 bits per heavy atom. The largest absolute Gasteiger partial charge is 0.356 e. The zero-order valence-electron chi connectivity index (χ0n) is 14.5. The van der Waals surface area contributed by atoms with E-state index in [1.165, 1.54) is 0 Å². The molecule has 0 aromatic heterocycles. The summed E-state index contributed by atoms with van der Waals surface area (Å²) < 4.78 is 24.1. The Morgan fingerprint density at radius 2 is 1.80 bits per heavy atom. The van der Waals surface area contributed by atoms with E-state index < -0.39 is 9.84 Å². The first-order valence-corrected chi connectivity index (χ1v) is 10.5. The highest BCUT2D eigenvalue weighted by atomic mass is 32.2. The van der Waals surface area contributed by atoms with Crippen molar-refractivity contribution in [3.63, 3.8) is 0 Å². The molecule has 2 amide bonds. The van der Waals surface area contributed by atoms with E-state index in [-0.39, 0.29) is 35.7 Å². The second-order valence-electron chi connectivity index (χ2n) is 6.64. The molecule has 0 aliphatic heterocycles. The van der Waals surface area contributed by atoms with Gasteiger partial charge in [0.15, 0.2) is 9.84 Å². The van der Waals surface area contributed by atoms with Gasteiger partial charge in [-0.3, -0.25) is 9.59 Å². The van der Waals surface area contributed by atoms with Crippen molar-refractivity contribution in [2.24, 2.45) is 11.8 Å². The molecule has 7 heteroatoms. The summed E-state index contributed by atoms with van der Waals surface area (Å²) in [4.78, 5) is 23.3. The van der Waals surface area contributed by atoms with Crippen molar-refractivity contribution < 1.29 is 18.0 Å². The van der Waals surface area contributed by atoms with Crippen LogP contribution in [0.1, 0.15) is 31.7 Å². The zero-order chi connectivity index (χ0) is 18.3. The van der Waals surface area contributed by atoms with Crippen LogP contribution in [0.15, 0.2) is 30.3 Å². The fraction of sp³-hybridized carbons (Fsp3) is 0.556. The Bertz CT molecular complexity index is 688. The molecule has 0 heterocycles. The molecule has 138 valence electrons. The van der Waals surface area contributed by atoms with Gasteiger partial charge in [0.2, 0.25) is 11.8 Å². The topological polar surface area (TPSA) is 92.3 Å². The predicted molar refractivity (Wildman–Crippen MR) is 96.5 cm³/mol. The van der Waals surface area contributed by atoms with E-state index in [4.69, 9.17) is 0 Å². The molecule has 1 aromatic carbocycles. The first-order chi connectivity index (χ1) is 11.9. The van der Waals surface area contributed by atoms with E-state index in [2.05, 4.69) is 10.6 Å². The molecule has 2 atom stereocenters. The standard InChI is InChI=1S/C18H26N2O4S/c1-14-12-16(14)18(22)20-10-8-17(21)19-9-5-11-25(23,24)13-15-6-3-2-4-7-15/h2-4,6-7,14,16H,5,8-13H2,1H3,(H,19,21)(H,20,22). The normalized spacial score (nSPS) is 19.2. The second kappa shape index (κ2) is 8.99. The molecule has 2 rings (SSSR count). The molecule has 1 fully saturated rings. The van der Waals surface area contributed by atoms with Crippen molar-refractivity contribution in [1.29, 1.82) is 0 Å². The molecule has 1 aromatic rings. The quantitative estimate of drug-likeness (QED) is 0.610. The van der Waals surface area contributed by atoms with Crippen molar-refractivity contribution in [2.45, 2.75) is 31.9 Å². The molecule has 25 heavy (non-hydrogen) atoms. The van der Waals surface area contributed by atoms with Crippen molar-refractivity contribution in [1.82, 2.24) is 10.6 Å². The highest BCUT2D eigenvalue weighted by molar-refractivity contribution is 7.90. The van der Waals surface area contributed by atoms with Crippen LogP contribution < -0.4 is 10.6 Å². The van der Waals surface area contributed by atoms with Gasteiger partial charge in [-0.25, -0.2) is 8.42 Å². The van der Waals surface area contributed by atoms with E-state index >= 15 is 0 Å². The van der Waals surface area contributed by atoms with Crippen LogP contribution in [0.2, 0.25) is 0 Å². The second-order valence-corrected chi connectivity index (χ2v) is 8.83. The third-order valence-corrected chi connectivity index (χ3v) is 5.97. The molecule has 1 aliphatic carbocycles. The number of amides is 2. The molecule has 2 N–H and O–H groups in total. The average Bonchev–Trinajstić information content (AvgIpc) is 3.29. The van der Waals surface area contributed by atoms with E-state index in [0.717, 1.165) is 12.0 Å². The predicted octanol–water partition coefficient (Wildman–Crippen LogP) is 1.27. The third-order valence-electron chi connectivity index (χ3n) is 4.28. The van der Waals surface area contributed by atoms with Gasteiger partial charge in [-0.2, -0.15) is 0 Å². The Kier molecular flexibility index (Phi) is 6.99. The Balaban J connectivity index is 1.55. The molecule has 0 saturated heterocycles. The maximum absolute atomic E-state index is 12.0. The van der Waals surface area contributed by atoms with Crippen LogP contribution in [-0.4, -0.2) is 39.1 Å². The summed E-state index contributed by atoms with van der Waals surface area (Å²) >= 11 is 0. The van der Waals surface area contributed by atoms with E-state index in [1.54, 1.807) is 12.1 Å². The van der Waals surface area contributed by atoms with Gasteiger partial charge in [0.25, 0.3) is 0 Å². The summed E-state index contributed by atoms with van der Waals surface area (Å²) in [7, 11) is -3.18. The van der Waals surface area contributed by atoms with Gasteiger partial charge in [-0.15, -0.1) is 0 Å². The number of hydrogen-bond acceptors (Lipinski definition) is 4. The molecule has 1 aliphatic rings. The lowest BCUT2D eigenvalue weighted by Gasteiger charge is -2.07. The minimum absolute atomic E-state index is 0.0207. The van der Waals surface area contributed by atoms with Crippen LogP contribution in [-0.2, 0) is 25.2 Å². The van der Waals surface area contributed by atoms with Crippen molar-refractivity contribution in [3.8, 4) is 0 Å². The van der Waals surface area contributed by atoms with Gasteiger partial charge in [-0.05, 0) is 24.3 Å². The Morgan fingerprint density at radius 1 is 1.12 bits per heavy atom. The van der Waals surface area contributed by atoms with Gasteiger partial charge in [0.1, 0.15) is 0 Å². The number of carbonyl (C=O) groups is 2. The van der Waals surface area contributed by atoms with Gasteiger partial charge in [0, 0.05) is 25.4 Å². The van der Waals surface area contributed by atoms with Gasteiger partial charge in [-0.1, -0.05) is 37.3 Å². The maximum atomic E-state index is 12.0. The summed E-state index contributed by atoms with van der Waals surface area (Å²) in [6.45, 7) is 2.67. The van der Waals surface area contributed by atoms with E-state index in [1.807, 2.05) is 25.1 Å². The molecule has 2 unspecified atom stereocenters. The van der Waals surface area contributed by atoms with Gasteiger partial charge < -0.3 is 10.6 Å². The lowest BCUT2D eigenvalue weighted by Crippen LogP contribution is -2.32. The molecule has 1 saturated carbocycles. The smallest absolute Gasteiger partial charge is 0.223 e. The Hall–Kier alpha value is -1.89. The van der Waals surface area contributed by atoms with E-state index in [9.17, 15) is 18.0 Å². The minimum atomic E-state index is -3.18. The monoisotopic (exact) mass is 366 g/mol. The highest BCUT2D eigenvalue weighted by Crippen LogP contribution is 2.37. The van der Waals surface area contributed by atoms with Crippen LogP contribution in [0.5, 0.6) is 0 Å². The van der Waals surface area contributed by atoms with Crippen molar-refractivity contribution in [2.75, 3.05) is 18.8 Å².